The maximum absolute atomic E-state index is 11.7. The SMILES string of the molecule is COC(=O)[C@H](C)NC(=O)[C@@H](N)c1ccccc1. The van der Waals surface area contributed by atoms with E-state index in [0.29, 0.717) is 5.56 Å². The van der Waals surface area contributed by atoms with Gasteiger partial charge in [-0.2, -0.15) is 0 Å². The monoisotopic (exact) mass is 236 g/mol. The number of amides is 1. The van der Waals surface area contributed by atoms with Crippen LogP contribution in [0.15, 0.2) is 30.3 Å². The quantitative estimate of drug-likeness (QED) is 0.740. The molecule has 5 nitrogen and oxygen atoms in total. The van der Waals surface area contributed by atoms with E-state index in [2.05, 4.69) is 10.1 Å². The van der Waals surface area contributed by atoms with Crippen LogP contribution in [0.1, 0.15) is 18.5 Å². The van der Waals surface area contributed by atoms with Crippen molar-refractivity contribution in [3.63, 3.8) is 0 Å². The summed E-state index contributed by atoms with van der Waals surface area (Å²) in [5.41, 5.74) is 6.46. The van der Waals surface area contributed by atoms with E-state index in [1.165, 1.54) is 7.11 Å². The highest BCUT2D eigenvalue weighted by molar-refractivity contribution is 5.87. The number of benzene rings is 1. The zero-order valence-electron chi connectivity index (χ0n) is 9.84. The van der Waals surface area contributed by atoms with Gasteiger partial charge in [0.25, 0.3) is 0 Å². The van der Waals surface area contributed by atoms with Crippen molar-refractivity contribution >= 4 is 11.9 Å². The number of nitrogens with two attached hydrogens (primary N) is 1. The molecule has 92 valence electrons. The van der Waals surface area contributed by atoms with Gasteiger partial charge in [-0.05, 0) is 12.5 Å². The smallest absolute Gasteiger partial charge is 0.328 e. The number of carbonyl (C=O) groups is 2. The average molecular weight is 236 g/mol. The number of nitrogens with one attached hydrogen (secondary N) is 1. The van der Waals surface area contributed by atoms with Crippen LogP contribution in [0.5, 0.6) is 0 Å². The van der Waals surface area contributed by atoms with Crippen LogP contribution < -0.4 is 11.1 Å². The first-order valence-electron chi connectivity index (χ1n) is 5.25. The predicted molar refractivity (Wildman–Crippen MR) is 63.0 cm³/mol. The summed E-state index contributed by atoms with van der Waals surface area (Å²) >= 11 is 0. The number of carbonyl (C=O) groups excluding carboxylic acids is 2. The standard InChI is InChI=1S/C12H16N2O3/c1-8(12(16)17-2)14-11(15)10(13)9-6-4-3-5-7-9/h3-8,10H,13H2,1-2H3,(H,14,15)/t8-,10-/m0/s1. The maximum atomic E-state index is 11.7. The third kappa shape index (κ3) is 3.57. The molecule has 0 heterocycles. The summed E-state index contributed by atoms with van der Waals surface area (Å²) in [4.78, 5) is 22.9. The molecule has 5 heteroatoms. The highest BCUT2D eigenvalue weighted by atomic mass is 16.5. The Balaban J connectivity index is 2.62. The molecule has 0 aliphatic rings. The Kier molecular flexibility index (Phi) is 4.66. The van der Waals surface area contributed by atoms with Crippen LogP contribution in [0.25, 0.3) is 0 Å². The summed E-state index contributed by atoms with van der Waals surface area (Å²) in [6.45, 7) is 1.54. The van der Waals surface area contributed by atoms with Crippen LogP contribution in [0, 0.1) is 0 Å². The van der Waals surface area contributed by atoms with E-state index < -0.39 is 24.0 Å². The lowest BCUT2D eigenvalue weighted by Crippen LogP contribution is -2.43. The minimum Gasteiger partial charge on any atom is -0.467 e. The fraction of sp³-hybridized carbons (Fsp3) is 0.333. The van der Waals surface area contributed by atoms with Gasteiger partial charge in [0.05, 0.1) is 7.11 Å². The molecule has 1 aromatic carbocycles. The number of rotatable bonds is 4. The lowest BCUT2D eigenvalue weighted by molar-refractivity contribution is -0.144. The lowest BCUT2D eigenvalue weighted by Gasteiger charge is -2.16. The van der Waals surface area contributed by atoms with E-state index in [0.717, 1.165) is 0 Å². The molecule has 1 rings (SSSR count). The molecule has 0 aliphatic heterocycles. The van der Waals surface area contributed by atoms with Crippen LogP contribution in [0.3, 0.4) is 0 Å². The second-order valence-corrected chi connectivity index (χ2v) is 3.64. The van der Waals surface area contributed by atoms with Gasteiger partial charge in [0.2, 0.25) is 5.91 Å². The van der Waals surface area contributed by atoms with Gasteiger partial charge in [-0.3, -0.25) is 4.79 Å². The number of hydrogen-bond acceptors (Lipinski definition) is 4. The molecule has 0 aliphatic carbocycles. The molecule has 0 radical (unpaired) electrons. The lowest BCUT2D eigenvalue weighted by atomic mass is 10.1. The van der Waals surface area contributed by atoms with Crippen LogP contribution in [0.2, 0.25) is 0 Å². The van der Waals surface area contributed by atoms with E-state index >= 15 is 0 Å². The zero-order valence-corrected chi connectivity index (χ0v) is 9.84. The summed E-state index contributed by atoms with van der Waals surface area (Å²) < 4.78 is 4.50. The van der Waals surface area contributed by atoms with Crippen molar-refractivity contribution in [3.8, 4) is 0 Å². The summed E-state index contributed by atoms with van der Waals surface area (Å²) in [6.07, 6.45) is 0. The van der Waals surface area contributed by atoms with Crippen LogP contribution in [-0.2, 0) is 14.3 Å². The molecule has 1 aromatic rings. The normalized spacial score (nSPS) is 13.6. The highest BCUT2D eigenvalue weighted by Gasteiger charge is 2.21. The van der Waals surface area contributed by atoms with E-state index in [4.69, 9.17) is 5.73 Å². The minimum absolute atomic E-state index is 0.408. The summed E-state index contributed by atoms with van der Waals surface area (Å²) in [7, 11) is 1.27. The average Bonchev–Trinajstić information content (AvgIpc) is 2.37. The van der Waals surface area contributed by atoms with Gasteiger partial charge in [0, 0.05) is 0 Å². The van der Waals surface area contributed by atoms with Gasteiger partial charge < -0.3 is 15.8 Å². The molecule has 0 spiro atoms. The summed E-state index contributed by atoms with van der Waals surface area (Å²) in [5.74, 6) is -0.910. The van der Waals surface area contributed by atoms with Gasteiger partial charge in [-0.15, -0.1) is 0 Å². The Morgan fingerprint density at radius 3 is 2.41 bits per heavy atom. The van der Waals surface area contributed by atoms with Crippen molar-refractivity contribution in [2.24, 2.45) is 5.73 Å². The van der Waals surface area contributed by atoms with Crippen molar-refractivity contribution in [1.29, 1.82) is 0 Å². The third-order valence-corrected chi connectivity index (χ3v) is 2.35. The summed E-state index contributed by atoms with van der Waals surface area (Å²) in [6, 6.07) is 7.45. The topological polar surface area (TPSA) is 81.4 Å². The first-order valence-corrected chi connectivity index (χ1v) is 5.25. The number of hydrogen-bond donors (Lipinski definition) is 2. The summed E-state index contributed by atoms with van der Waals surface area (Å²) in [5, 5.41) is 2.49. The van der Waals surface area contributed by atoms with Crippen molar-refractivity contribution in [1.82, 2.24) is 5.32 Å². The molecule has 2 atom stereocenters. The van der Waals surface area contributed by atoms with E-state index in [1.807, 2.05) is 6.07 Å². The molecule has 0 bridgehead atoms. The highest BCUT2D eigenvalue weighted by Crippen LogP contribution is 2.09. The molecule has 0 fully saturated rings. The van der Waals surface area contributed by atoms with Gasteiger partial charge in [-0.1, -0.05) is 30.3 Å². The Labute approximate surface area is 99.9 Å². The van der Waals surface area contributed by atoms with Gasteiger partial charge in [0.1, 0.15) is 12.1 Å². The molecule has 0 saturated carbocycles. The molecule has 17 heavy (non-hydrogen) atoms. The Morgan fingerprint density at radius 2 is 1.88 bits per heavy atom. The zero-order chi connectivity index (χ0) is 12.8. The molecular formula is C12H16N2O3. The Bertz CT molecular complexity index is 392. The van der Waals surface area contributed by atoms with E-state index in [-0.39, 0.29) is 0 Å². The number of methoxy groups -OCH3 is 1. The van der Waals surface area contributed by atoms with E-state index in [1.54, 1.807) is 31.2 Å². The molecule has 3 N–H and O–H groups in total. The van der Waals surface area contributed by atoms with Crippen molar-refractivity contribution in [2.75, 3.05) is 7.11 Å². The molecule has 0 saturated heterocycles. The van der Waals surface area contributed by atoms with Gasteiger partial charge >= 0.3 is 5.97 Å². The number of esters is 1. The Morgan fingerprint density at radius 1 is 1.29 bits per heavy atom. The molecule has 0 unspecified atom stereocenters. The first kappa shape index (κ1) is 13.2. The Hall–Kier alpha value is -1.88. The second kappa shape index (κ2) is 6.00. The van der Waals surface area contributed by atoms with Gasteiger partial charge in [0.15, 0.2) is 0 Å². The molecular weight excluding hydrogens is 220 g/mol. The molecule has 0 aromatic heterocycles. The van der Waals surface area contributed by atoms with E-state index in [9.17, 15) is 9.59 Å². The number of ether oxygens (including phenoxy) is 1. The fourth-order valence-electron chi connectivity index (χ4n) is 1.35. The predicted octanol–water partition coefficient (Wildman–Crippen LogP) is 0.364. The second-order valence-electron chi connectivity index (χ2n) is 3.64. The van der Waals surface area contributed by atoms with Crippen LogP contribution >= 0.6 is 0 Å². The van der Waals surface area contributed by atoms with Crippen molar-refractivity contribution in [3.05, 3.63) is 35.9 Å². The van der Waals surface area contributed by atoms with Crippen LogP contribution in [-0.4, -0.2) is 25.0 Å². The molecule has 1 amide bonds. The van der Waals surface area contributed by atoms with Crippen molar-refractivity contribution < 1.29 is 14.3 Å². The first-order chi connectivity index (χ1) is 8.06. The van der Waals surface area contributed by atoms with Gasteiger partial charge in [-0.25, -0.2) is 4.79 Å². The largest absolute Gasteiger partial charge is 0.467 e. The maximum Gasteiger partial charge on any atom is 0.328 e. The fourth-order valence-corrected chi connectivity index (χ4v) is 1.35. The van der Waals surface area contributed by atoms with Crippen molar-refractivity contribution in [2.45, 2.75) is 19.0 Å². The minimum atomic E-state index is -0.789. The third-order valence-electron chi connectivity index (χ3n) is 2.35. The van der Waals surface area contributed by atoms with Crippen LogP contribution in [0.4, 0.5) is 0 Å².